The lowest BCUT2D eigenvalue weighted by molar-refractivity contribution is 0.162. The third kappa shape index (κ3) is 0.977. The van der Waals surface area contributed by atoms with Crippen molar-refractivity contribution in [2.24, 2.45) is 0 Å². The Morgan fingerprint density at radius 2 is 2.67 bits per heavy atom. The van der Waals surface area contributed by atoms with Gasteiger partial charge in [0.05, 0.1) is 12.6 Å². The number of aliphatic hydroxyl groups excluding tert-OH is 1. The maximum Gasteiger partial charge on any atom is 0.410 e. The molecule has 1 aliphatic rings. The minimum absolute atomic E-state index is 0.0256. The summed E-state index contributed by atoms with van der Waals surface area (Å²) in [6.07, 6.45) is -0.353. The van der Waals surface area contributed by atoms with Gasteiger partial charge in [0.2, 0.25) is 0 Å². The van der Waals surface area contributed by atoms with Crippen molar-refractivity contribution in [3.63, 3.8) is 0 Å². The lowest BCUT2D eigenvalue weighted by Crippen LogP contribution is -2.31. The van der Waals surface area contributed by atoms with Crippen molar-refractivity contribution in [3.05, 3.63) is 0 Å². The minimum Gasteiger partial charge on any atom is -0.447 e. The molecule has 1 rings (SSSR count). The quantitative estimate of drug-likeness (QED) is 0.518. The number of nitrogens with zero attached hydrogens (tertiary/aromatic N) is 1. The Bertz CT molecular complexity index is 125. The van der Waals surface area contributed by atoms with E-state index in [4.69, 9.17) is 5.11 Å². The van der Waals surface area contributed by atoms with Gasteiger partial charge in [-0.1, -0.05) is 0 Å². The fourth-order valence-electron chi connectivity index (χ4n) is 0.705. The van der Waals surface area contributed by atoms with E-state index in [1.807, 2.05) is 0 Å². The van der Waals surface area contributed by atoms with Crippen molar-refractivity contribution in [2.45, 2.75) is 6.04 Å². The summed E-state index contributed by atoms with van der Waals surface area (Å²) in [5.74, 6) is 0. The van der Waals surface area contributed by atoms with E-state index in [0.29, 0.717) is 6.61 Å². The molecule has 52 valence electrons. The predicted molar refractivity (Wildman–Crippen MR) is 30.0 cm³/mol. The molecule has 0 aromatic rings. The van der Waals surface area contributed by atoms with Gasteiger partial charge in [-0.3, -0.25) is 0 Å². The standard InChI is InChI=1S/C5H9NO3/c1-6-4(2-7)3-9-5(6)8/h4,7H,2-3H2,1H3/t4-/m0/s1. The monoisotopic (exact) mass is 131 g/mol. The van der Waals surface area contributed by atoms with E-state index in [2.05, 4.69) is 4.74 Å². The lowest BCUT2D eigenvalue weighted by Gasteiger charge is -2.11. The van der Waals surface area contributed by atoms with Crippen molar-refractivity contribution in [1.29, 1.82) is 0 Å². The first-order valence-electron chi connectivity index (χ1n) is 2.76. The van der Waals surface area contributed by atoms with Crippen LogP contribution < -0.4 is 0 Å². The Kier molecular flexibility index (Phi) is 1.57. The number of hydrogen-bond donors (Lipinski definition) is 1. The van der Waals surface area contributed by atoms with Gasteiger partial charge in [-0.15, -0.1) is 0 Å². The zero-order valence-corrected chi connectivity index (χ0v) is 5.20. The van der Waals surface area contributed by atoms with Crippen molar-refractivity contribution in [1.82, 2.24) is 4.90 Å². The molecule has 0 aromatic carbocycles. The SMILES string of the molecule is CN1C(=O)OC[C@@H]1CO. The van der Waals surface area contributed by atoms with E-state index in [-0.39, 0.29) is 18.7 Å². The molecule has 0 spiro atoms. The number of likely N-dealkylation sites (N-methyl/N-ethyl adjacent to an activating group) is 1. The fourth-order valence-corrected chi connectivity index (χ4v) is 0.705. The van der Waals surface area contributed by atoms with Gasteiger partial charge in [0.15, 0.2) is 0 Å². The van der Waals surface area contributed by atoms with Crippen LogP contribution in [0.4, 0.5) is 4.79 Å². The Labute approximate surface area is 53.0 Å². The van der Waals surface area contributed by atoms with Gasteiger partial charge in [0.25, 0.3) is 0 Å². The van der Waals surface area contributed by atoms with Crippen LogP contribution in [0.25, 0.3) is 0 Å². The van der Waals surface area contributed by atoms with E-state index in [9.17, 15) is 4.79 Å². The number of aliphatic hydroxyl groups is 1. The highest BCUT2D eigenvalue weighted by atomic mass is 16.6. The van der Waals surface area contributed by atoms with Gasteiger partial charge in [0.1, 0.15) is 6.61 Å². The smallest absolute Gasteiger partial charge is 0.410 e. The first-order valence-corrected chi connectivity index (χ1v) is 2.76. The zero-order valence-electron chi connectivity index (χ0n) is 5.20. The second kappa shape index (κ2) is 2.23. The summed E-state index contributed by atoms with van der Waals surface area (Å²) in [5.41, 5.74) is 0. The predicted octanol–water partition coefficient (Wildman–Crippen LogP) is -0.571. The summed E-state index contributed by atoms with van der Waals surface area (Å²) < 4.78 is 4.60. The highest BCUT2D eigenvalue weighted by Crippen LogP contribution is 2.07. The number of amides is 1. The van der Waals surface area contributed by atoms with Gasteiger partial charge >= 0.3 is 6.09 Å². The Morgan fingerprint density at radius 1 is 2.00 bits per heavy atom. The Balaban J connectivity index is 2.51. The molecular weight excluding hydrogens is 122 g/mol. The number of rotatable bonds is 1. The molecule has 0 saturated carbocycles. The first kappa shape index (κ1) is 6.35. The van der Waals surface area contributed by atoms with E-state index in [1.54, 1.807) is 7.05 Å². The molecule has 4 heteroatoms. The van der Waals surface area contributed by atoms with Crippen molar-refractivity contribution < 1.29 is 14.6 Å². The second-order valence-electron chi connectivity index (χ2n) is 2.02. The van der Waals surface area contributed by atoms with Gasteiger partial charge in [-0.05, 0) is 0 Å². The largest absolute Gasteiger partial charge is 0.447 e. The van der Waals surface area contributed by atoms with Crippen molar-refractivity contribution in [3.8, 4) is 0 Å². The lowest BCUT2D eigenvalue weighted by atomic mass is 10.3. The maximum atomic E-state index is 10.5. The molecule has 1 saturated heterocycles. The molecule has 0 unspecified atom stereocenters. The third-order valence-corrected chi connectivity index (χ3v) is 1.45. The summed E-state index contributed by atoms with van der Waals surface area (Å²) in [6, 6.07) is -0.141. The van der Waals surface area contributed by atoms with E-state index >= 15 is 0 Å². The number of hydrogen-bond acceptors (Lipinski definition) is 3. The van der Waals surface area contributed by atoms with Crippen LogP contribution in [-0.2, 0) is 4.74 Å². The molecular formula is C5H9NO3. The highest BCUT2D eigenvalue weighted by molar-refractivity contribution is 5.69. The molecule has 1 heterocycles. The van der Waals surface area contributed by atoms with Gasteiger partial charge in [-0.25, -0.2) is 4.79 Å². The van der Waals surface area contributed by atoms with Crippen LogP contribution in [0.5, 0.6) is 0 Å². The molecule has 9 heavy (non-hydrogen) atoms. The van der Waals surface area contributed by atoms with Crippen LogP contribution in [-0.4, -0.2) is 42.4 Å². The molecule has 1 amide bonds. The molecule has 0 aromatic heterocycles. The van der Waals surface area contributed by atoms with E-state index in [1.165, 1.54) is 4.90 Å². The highest BCUT2D eigenvalue weighted by Gasteiger charge is 2.28. The molecule has 4 nitrogen and oxygen atoms in total. The van der Waals surface area contributed by atoms with Crippen LogP contribution in [0.1, 0.15) is 0 Å². The van der Waals surface area contributed by atoms with Crippen LogP contribution in [0.2, 0.25) is 0 Å². The summed E-state index contributed by atoms with van der Waals surface area (Å²) in [4.78, 5) is 11.9. The molecule has 1 N–H and O–H groups in total. The number of carbonyl (C=O) groups excluding carboxylic acids is 1. The zero-order chi connectivity index (χ0) is 6.85. The Hall–Kier alpha value is -0.770. The summed E-state index contributed by atoms with van der Waals surface area (Å²) in [6.45, 7) is 0.286. The van der Waals surface area contributed by atoms with Crippen molar-refractivity contribution >= 4 is 6.09 Å². The average molecular weight is 131 g/mol. The molecule has 1 aliphatic heterocycles. The van der Waals surface area contributed by atoms with Crippen LogP contribution in [0.15, 0.2) is 0 Å². The van der Waals surface area contributed by atoms with E-state index in [0.717, 1.165) is 0 Å². The van der Waals surface area contributed by atoms with Gasteiger partial charge in [0, 0.05) is 7.05 Å². The van der Waals surface area contributed by atoms with Gasteiger partial charge in [-0.2, -0.15) is 0 Å². The molecule has 0 bridgehead atoms. The number of carbonyl (C=O) groups is 1. The minimum atomic E-state index is -0.353. The summed E-state index contributed by atoms with van der Waals surface area (Å²) in [5, 5.41) is 8.58. The van der Waals surface area contributed by atoms with Gasteiger partial charge < -0.3 is 14.7 Å². The summed E-state index contributed by atoms with van der Waals surface area (Å²) >= 11 is 0. The molecule has 0 aliphatic carbocycles. The van der Waals surface area contributed by atoms with E-state index < -0.39 is 0 Å². The first-order chi connectivity index (χ1) is 4.25. The normalized spacial score (nSPS) is 26.7. The van der Waals surface area contributed by atoms with Crippen molar-refractivity contribution in [2.75, 3.05) is 20.3 Å². The Morgan fingerprint density at radius 3 is 2.89 bits per heavy atom. The topological polar surface area (TPSA) is 49.8 Å². The maximum absolute atomic E-state index is 10.5. The number of ether oxygens (including phenoxy) is 1. The molecule has 1 fully saturated rings. The molecule has 0 radical (unpaired) electrons. The second-order valence-corrected chi connectivity index (χ2v) is 2.02. The summed E-state index contributed by atoms with van der Waals surface area (Å²) in [7, 11) is 1.61. The van der Waals surface area contributed by atoms with Crippen LogP contribution >= 0.6 is 0 Å². The van der Waals surface area contributed by atoms with Crippen LogP contribution in [0, 0.1) is 0 Å². The fraction of sp³-hybridized carbons (Fsp3) is 0.800. The average Bonchev–Trinajstić information content (AvgIpc) is 2.15. The number of cyclic esters (lactones) is 1. The molecule has 1 atom stereocenters. The third-order valence-electron chi connectivity index (χ3n) is 1.45. The van der Waals surface area contributed by atoms with Crippen LogP contribution in [0.3, 0.4) is 0 Å².